The first kappa shape index (κ1) is 13.2. The van der Waals surface area contributed by atoms with Gasteiger partial charge < -0.3 is 0 Å². The van der Waals surface area contributed by atoms with E-state index in [0.29, 0.717) is 16.8 Å². The molecule has 0 aliphatic rings. The molecule has 0 atom stereocenters. The quantitative estimate of drug-likeness (QED) is 0.778. The monoisotopic (exact) mass is 273 g/mol. The van der Waals surface area contributed by atoms with E-state index in [1.807, 2.05) is 6.07 Å². The minimum atomic E-state index is -3.45. The number of aromatic nitrogens is 2. The van der Waals surface area contributed by atoms with Gasteiger partial charge in [0.2, 0.25) is 15.0 Å². The fraction of sp³-hybridized carbons (Fsp3) is 0.154. The minimum Gasteiger partial charge on any atom is -0.227 e. The third kappa shape index (κ3) is 2.77. The second-order valence-corrected chi connectivity index (χ2v) is 6.06. The van der Waals surface area contributed by atoms with E-state index in [2.05, 4.69) is 9.97 Å². The number of hydrogen-bond donors (Lipinski definition) is 0. The average molecular weight is 273 g/mol. The van der Waals surface area contributed by atoms with Gasteiger partial charge in [-0.05, 0) is 24.6 Å². The minimum absolute atomic E-state index is 0.213. The summed E-state index contributed by atoms with van der Waals surface area (Å²) in [5.41, 5.74) is 2.47. The van der Waals surface area contributed by atoms with Crippen molar-refractivity contribution in [3.63, 3.8) is 0 Å². The summed E-state index contributed by atoms with van der Waals surface area (Å²) in [6.07, 6.45) is 2.53. The zero-order valence-corrected chi connectivity index (χ0v) is 11.3. The Labute approximate surface area is 111 Å². The summed E-state index contributed by atoms with van der Waals surface area (Å²) >= 11 is 0. The zero-order chi connectivity index (χ0) is 14.0. The van der Waals surface area contributed by atoms with Crippen LogP contribution in [0.3, 0.4) is 0 Å². The van der Waals surface area contributed by atoms with Crippen LogP contribution in [0.1, 0.15) is 11.1 Å². The predicted molar refractivity (Wildman–Crippen MR) is 70.0 cm³/mol. The second kappa shape index (κ2) is 4.78. The highest BCUT2D eigenvalue weighted by Crippen LogP contribution is 2.22. The molecule has 0 saturated heterocycles. The molecular weight excluding hydrogens is 262 g/mol. The van der Waals surface area contributed by atoms with Gasteiger partial charge in [-0.1, -0.05) is 12.1 Å². The van der Waals surface area contributed by atoms with Gasteiger partial charge >= 0.3 is 0 Å². The predicted octanol–water partition coefficient (Wildman–Crippen LogP) is 1.73. The van der Waals surface area contributed by atoms with Gasteiger partial charge in [0, 0.05) is 18.0 Å². The molecule has 0 bridgehead atoms. The topological polar surface area (TPSA) is 83.7 Å². The summed E-state index contributed by atoms with van der Waals surface area (Å²) in [6.45, 7) is 1.79. The summed E-state index contributed by atoms with van der Waals surface area (Å²) in [4.78, 5) is 7.89. The van der Waals surface area contributed by atoms with Crippen LogP contribution in [-0.4, -0.2) is 24.6 Å². The normalized spacial score (nSPS) is 11.0. The SMILES string of the molecule is Cc1cnc(S(C)(=O)=O)nc1-c1cccc(C#N)c1. The van der Waals surface area contributed by atoms with Crippen molar-refractivity contribution in [2.45, 2.75) is 12.1 Å². The lowest BCUT2D eigenvalue weighted by molar-refractivity contribution is 0.593. The molecule has 0 unspecified atom stereocenters. The van der Waals surface area contributed by atoms with E-state index in [0.717, 1.165) is 11.8 Å². The smallest absolute Gasteiger partial charge is 0.227 e. The van der Waals surface area contributed by atoms with Gasteiger partial charge in [-0.25, -0.2) is 18.4 Å². The Morgan fingerprint density at radius 3 is 2.68 bits per heavy atom. The summed E-state index contributed by atoms with van der Waals surface area (Å²) < 4.78 is 22.9. The van der Waals surface area contributed by atoms with Gasteiger partial charge in [-0.2, -0.15) is 5.26 Å². The van der Waals surface area contributed by atoms with Crippen molar-refractivity contribution in [2.75, 3.05) is 6.26 Å². The van der Waals surface area contributed by atoms with Crippen LogP contribution in [0.2, 0.25) is 0 Å². The molecule has 0 radical (unpaired) electrons. The molecule has 2 rings (SSSR count). The molecule has 2 aromatic rings. The number of sulfone groups is 1. The maximum atomic E-state index is 11.5. The first-order valence-electron chi connectivity index (χ1n) is 5.46. The summed E-state index contributed by atoms with van der Waals surface area (Å²) in [5.74, 6) is 0. The molecule has 0 aliphatic carbocycles. The van der Waals surface area contributed by atoms with Crippen LogP contribution in [0.5, 0.6) is 0 Å². The molecule has 0 N–H and O–H groups in total. The molecule has 0 aliphatic heterocycles. The summed E-state index contributed by atoms with van der Waals surface area (Å²) in [6, 6.07) is 8.90. The lowest BCUT2D eigenvalue weighted by Crippen LogP contribution is -2.05. The maximum Gasteiger partial charge on any atom is 0.247 e. The van der Waals surface area contributed by atoms with Crippen LogP contribution in [0, 0.1) is 18.3 Å². The zero-order valence-electron chi connectivity index (χ0n) is 10.5. The molecule has 0 amide bonds. The van der Waals surface area contributed by atoms with Crippen molar-refractivity contribution >= 4 is 9.84 Å². The molecule has 19 heavy (non-hydrogen) atoms. The van der Waals surface area contributed by atoms with Gasteiger partial charge in [0.15, 0.2) is 0 Å². The standard InChI is InChI=1S/C13H11N3O2S/c1-9-8-15-13(19(2,17)18)16-12(9)11-5-3-4-10(6-11)7-14/h3-6,8H,1-2H3. The Balaban J connectivity index is 2.65. The van der Waals surface area contributed by atoms with E-state index in [1.165, 1.54) is 6.20 Å². The molecule has 0 fully saturated rings. The fourth-order valence-corrected chi connectivity index (χ4v) is 2.13. The van der Waals surface area contributed by atoms with Crippen molar-refractivity contribution in [3.05, 3.63) is 41.6 Å². The first-order valence-corrected chi connectivity index (χ1v) is 7.35. The third-order valence-corrected chi connectivity index (χ3v) is 3.41. The van der Waals surface area contributed by atoms with Crippen molar-refractivity contribution in [1.82, 2.24) is 9.97 Å². The number of rotatable bonds is 2. The Kier molecular flexibility index (Phi) is 3.32. The lowest BCUT2D eigenvalue weighted by Gasteiger charge is -2.06. The van der Waals surface area contributed by atoms with E-state index in [1.54, 1.807) is 31.2 Å². The van der Waals surface area contributed by atoms with E-state index in [9.17, 15) is 8.42 Å². The van der Waals surface area contributed by atoms with Crippen molar-refractivity contribution in [1.29, 1.82) is 5.26 Å². The van der Waals surface area contributed by atoms with Crippen LogP contribution >= 0.6 is 0 Å². The Bertz CT molecular complexity index is 777. The van der Waals surface area contributed by atoms with E-state index in [4.69, 9.17) is 5.26 Å². The van der Waals surface area contributed by atoms with Gasteiger partial charge in [0.1, 0.15) is 0 Å². The molecule has 1 aromatic heterocycles. The number of hydrogen-bond acceptors (Lipinski definition) is 5. The number of nitriles is 1. The number of benzene rings is 1. The van der Waals surface area contributed by atoms with Crippen LogP contribution in [-0.2, 0) is 9.84 Å². The van der Waals surface area contributed by atoms with Crippen molar-refractivity contribution in [2.24, 2.45) is 0 Å². The van der Waals surface area contributed by atoms with Crippen LogP contribution in [0.15, 0.2) is 35.6 Å². The van der Waals surface area contributed by atoms with Crippen molar-refractivity contribution in [3.8, 4) is 17.3 Å². The van der Waals surface area contributed by atoms with Crippen LogP contribution in [0.4, 0.5) is 0 Å². The van der Waals surface area contributed by atoms with Gasteiger partial charge in [0.25, 0.3) is 0 Å². The molecule has 1 aromatic carbocycles. The molecule has 1 heterocycles. The van der Waals surface area contributed by atoms with Gasteiger partial charge in [-0.15, -0.1) is 0 Å². The lowest BCUT2D eigenvalue weighted by atomic mass is 10.1. The highest BCUT2D eigenvalue weighted by atomic mass is 32.2. The Morgan fingerprint density at radius 1 is 1.32 bits per heavy atom. The summed E-state index contributed by atoms with van der Waals surface area (Å²) in [7, 11) is -3.45. The first-order chi connectivity index (χ1) is 8.91. The van der Waals surface area contributed by atoms with Crippen LogP contribution in [0.25, 0.3) is 11.3 Å². The van der Waals surface area contributed by atoms with Gasteiger partial charge in [-0.3, -0.25) is 0 Å². The second-order valence-electron chi connectivity index (χ2n) is 4.15. The van der Waals surface area contributed by atoms with E-state index >= 15 is 0 Å². The fourth-order valence-electron chi connectivity index (χ4n) is 1.63. The maximum absolute atomic E-state index is 11.5. The molecule has 5 nitrogen and oxygen atoms in total. The Morgan fingerprint density at radius 2 is 2.05 bits per heavy atom. The largest absolute Gasteiger partial charge is 0.247 e. The molecule has 6 heteroatoms. The third-order valence-electron chi connectivity index (χ3n) is 2.55. The van der Waals surface area contributed by atoms with E-state index in [-0.39, 0.29) is 5.16 Å². The van der Waals surface area contributed by atoms with Gasteiger partial charge in [0.05, 0.1) is 17.3 Å². The molecule has 0 saturated carbocycles. The number of aryl methyl sites for hydroxylation is 1. The van der Waals surface area contributed by atoms with Crippen molar-refractivity contribution < 1.29 is 8.42 Å². The van der Waals surface area contributed by atoms with Crippen LogP contribution < -0.4 is 0 Å². The highest BCUT2D eigenvalue weighted by molar-refractivity contribution is 7.90. The Hall–Kier alpha value is -2.26. The molecular formula is C13H11N3O2S. The molecule has 96 valence electrons. The van der Waals surface area contributed by atoms with E-state index < -0.39 is 9.84 Å². The molecule has 0 spiro atoms. The average Bonchev–Trinajstić information content (AvgIpc) is 2.38. The summed E-state index contributed by atoms with van der Waals surface area (Å²) in [5, 5.41) is 8.67. The number of nitrogens with zero attached hydrogens (tertiary/aromatic N) is 3. The highest BCUT2D eigenvalue weighted by Gasteiger charge is 2.14.